The van der Waals surface area contributed by atoms with E-state index in [4.69, 9.17) is 4.74 Å². The minimum Gasteiger partial charge on any atom is -0.446 e. The van der Waals surface area contributed by atoms with Crippen LogP contribution in [0.25, 0.3) is 5.65 Å². The molecule has 2 heterocycles. The highest BCUT2D eigenvalue weighted by Crippen LogP contribution is 2.14. The first-order chi connectivity index (χ1) is 11.1. The Hall–Kier alpha value is -2.39. The number of fused-ring (bicyclic) bond motifs is 1. The number of hydrogen-bond acceptors (Lipinski definition) is 5. The number of carbonyl (C=O) groups excluding carboxylic acids is 1. The number of aryl methyl sites for hydroxylation is 1. The molecule has 122 valence electrons. The van der Waals surface area contributed by atoms with E-state index in [0.717, 1.165) is 13.1 Å². The lowest BCUT2D eigenvalue weighted by molar-refractivity contribution is 0.0439. The summed E-state index contributed by atoms with van der Waals surface area (Å²) < 4.78 is 6.98. The topological polar surface area (TPSA) is 59.7 Å². The predicted molar refractivity (Wildman–Crippen MR) is 88.2 cm³/mol. The lowest BCUT2D eigenvalue weighted by Gasteiger charge is -2.13. The van der Waals surface area contributed by atoms with E-state index in [0.29, 0.717) is 23.4 Å². The Morgan fingerprint density at radius 1 is 1.43 bits per heavy atom. The van der Waals surface area contributed by atoms with Crippen molar-refractivity contribution in [2.75, 3.05) is 19.6 Å². The Kier molecular flexibility index (Phi) is 5.72. The van der Waals surface area contributed by atoms with Gasteiger partial charge in [0.2, 0.25) is 0 Å². The van der Waals surface area contributed by atoms with E-state index in [9.17, 15) is 4.79 Å². The molecule has 0 aliphatic rings. The van der Waals surface area contributed by atoms with Gasteiger partial charge in [-0.2, -0.15) is 5.10 Å². The first kappa shape index (κ1) is 17.0. The molecule has 0 aliphatic carbocycles. The number of rotatable bonds is 5. The molecule has 0 N–H and O–H groups in total. The largest absolute Gasteiger partial charge is 0.446 e. The molecule has 0 bridgehead atoms. The summed E-state index contributed by atoms with van der Waals surface area (Å²) in [6.07, 6.45) is 2.90. The third-order valence-corrected chi connectivity index (χ3v) is 3.56. The van der Waals surface area contributed by atoms with Crippen LogP contribution in [0.5, 0.6) is 0 Å². The highest BCUT2D eigenvalue weighted by molar-refractivity contribution is 5.97. The number of carbonyl (C=O) groups is 1. The van der Waals surface area contributed by atoms with Crippen molar-refractivity contribution in [2.24, 2.45) is 0 Å². The summed E-state index contributed by atoms with van der Waals surface area (Å²) in [6, 6.07) is 1.76. The fraction of sp³-hybridized carbons (Fsp3) is 0.471. The Bertz CT molecular complexity index is 738. The van der Waals surface area contributed by atoms with Gasteiger partial charge in [0.1, 0.15) is 5.56 Å². The van der Waals surface area contributed by atoms with Gasteiger partial charge >= 0.3 is 5.97 Å². The first-order valence-electron chi connectivity index (χ1n) is 7.78. The second-order valence-electron chi connectivity index (χ2n) is 5.18. The van der Waals surface area contributed by atoms with Gasteiger partial charge in [-0.1, -0.05) is 25.7 Å². The van der Waals surface area contributed by atoms with Crippen molar-refractivity contribution in [1.82, 2.24) is 19.5 Å². The molecule has 2 rings (SSSR count). The van der Waals surface area contributed by atoms with Crippen LogP contribution in [0.4, 0.5) is 0 Å². The molecule has 0 spiro atoms. The monoisotopic (exact) mass is 314 g/mol. The molecule has 0 saturated heterocycles. The van der Waals surface area contributed by atoms with Crippen LogP contribution in [0.1, 0.15) is 36.8 Å². The Morgan fingerprint density at radius 3 is 2.87 bits per heavy atom. The minimum atomic E-state index is -0.476. The summed E-state index contributed by atoms with van der Waals surface area (Å²) in [6.45, 7) is 10.3. The molecule has 1 atom stereocenters. The molecular formula is C17H22N4O2. The minimum absolute atomic E-state index is 0.392. The van der Waals surface area contributed by atoms with Gasteiger partial charge in [-0.25, -0.2) is 14.3 Å². The number of esters is 1. The van der Waals surface area contributed by atoms with E-state index in [-0.39, 0.29) is 0 Å². The van der Waals surface area contributed by atoms with E-state index in [1.54, 1.807) is 36.8 Å². The SMILES string of the molecule is CCN(CC)CC#CC(C)OC(=O)c1c(C)nn2cccnc12. The molecule has 6 heteroatoms. The maximum Gasteiger partial charge on any atom is 0.345 e. The smallest absolute Gasteiger partial charge is 0.345 e. The van der Waals surface area contributed by atoms with Crippen LogP contribution in [0.3, 0.4) is 0 Å². The average molecular weight is 314 g/mol. The van der Waals surface area contributed by atoms with Crippen molar-refractivity contribution in [1.29, 1.82) is 0 Å². The second-order valence-corrected chi connectivity index (χ2v) is 5.18. The predicted octanol–water partition coefficient (Wildman–Crippen LogP) is 1.93. The highest BCUT2D eigenvalue weighted by atomic mass is 16.5. The standard InChI is InChI=1S/C17H22N4O2/c1-5-20(6-2)11-7-9-13(3)23-17(22)15-14(4)19-21-12-8-10-18-16(15)21/h8,10,12-13H,5-6,11H2,1-4H3. The first-order valence-corrected chi connectivity index (χ1v) is 7.78. The van der Waals surface area contributed by atoms with Gasteiger partial charge in [-0.3, -0.25) is 4.90 Å². The molecule has 1 unspecified atom stereocenters. The summed E-state index contributed by atoms with van der Waals surface area (Å²) >= 11 is 0. The normalized spacial score (nSPS) is 12.0. The molecule has 6 nitrogen and oxygen atoms in total. The van der Waals surface area contributed by atoms with E-state index in [1.807, 2.05) is 0 Å². The highest BCUT2D eigenvalue weighted by Gasteiger charge is 2.20. The maximum absolute atomic E-state index is 12.4. The van der Waals surface area contributed by atoms with Crippen LogP contribution in [0.2, 0.25) is 0 Å². The summed E-state index contributed by atoms with van der Waals surface area (Å²) in [5.41, 5.74) is 1.48. The second kappa shape index (κ2) is 7.75. The average Bonchev–Trinajstić information content (AvgIpc) is 2.87. The van der Waals surface area contributed by atoms with Crippen molar-refractivity contribution >= 4 is 11.6 Å². The zero-order valence-electron chi connectivity index (χ0n) is 14.0. The van der Waals surface area contributed by atoms with Crippen molar-refractivity contribution < 1.29 is 9.53 Å². The lowest BCUT2D eigenvalue weighted by atomic mass is 10.2. The van der Waals surface area contributed by atoms with Crippen LogP contribution in [-0.4, -0.2) is 51.2 Å². The lowest BCUT2D eigenvalue weighted by Crippen LogP contribution is -2.23. The van der Waals surface area contributed by atoms with Crippen LogP contribution in [0, 0.1) is 18.8 Å². The number of hydrogen-bond donors (Lipinski definition) is 0. The van der Waals surface area contributed by atoms with Crippen molar-refractivity contribution in [3.8, 4) is 11.8 Å². The molecule has 0 fully saturated rings. The molecule has 0 aliphatic heterocycles. The van der Waals surface area contributed by atoms with Gasteiger partial charge < -0.3 is 4.74 Å². The summed E-state index contributed by atoms with van der Waals surface area (Å²) in [5.74, 6) is 5.57. The zero-order valence-corrected chi connectivity index (χ0v) is 14.0. The van der Waals surface area contributed by atoms with Gasteiger partial charge in [0.05, 0.1) is 12.2 Å². The van der Waals surface area contributed by atoms with Crippen LogP contribution in [0.15, 0.2) is 18.5 Å². The molecule has 0 saturated carbocycles. The zero-order chi connectivity index (χ0) is 16.8. The number of nitrogens with zero attached hydrogens (tertiary/aromatic N) is 4. The van der Waals surface area contributed by atoms with E-state index in [1.165, 1.54) is 0 Å². The third-order valence-electron chi connectivity index (χ3n) is 3.56. The molecule has 2 aromatic rings. The molecule has 0 amide bonds. The van der Waals surface area contributed by atoms with E-state index in [2.05, 4.69) is 40.7 Å². The summed E-state index contributed by atoms with van der Waals surface area (Å²) in [7, 11) is 0. The van der Waals surface area contributed by atoms with Crippen molar-refractivity contribution in [2.45, 2.75) is 33.8 Å². The van der Waals surface area contributed by atoms with Gasteiger partial charge in [-0.05, 0) is 33.0 Å². The van der Waals surface area contributed by atoms with Gasteiger partial charge in [0.25, 0.3) is 0 Å². The Morgan fingerprint density at radius 2 is 2.17 bits per heavy atom. The van der Waals surface area contributed by atoms with Gasteiger partial charge in [0, 0.05) is 12.4 Å². The maximum atomic E-state index is 12.4. The number of aromatic nitrogens is 3. The third kappa shape index (κ3) is 4.08. The van der Waals surface area contributed by atoms with E-state index >= 15 is 0 Å². The van der Waals surface area contributed by atoms with Crippen LogP contribution >= 0.6 is 0 Å². The molecule has 2 aromatic heterocycles. The summed E-state index contributed by atoms with van der Waals surface area (Å²) in [5, 5.41) is 4.26. The van der Waals surface area contributed by atoms with Gasteiger partial charge in [0.15, 0.2) is 11.8 Å². The Labute approximate surface area is 136 Å². The quantitative estimate of drug-likeness (QED) is 0.623. The molecule has 0 radical (unpaired) electrons. The van der Waals surface area contributed by atoms with Crippen LogP contribution < -0.4 is 0 Å². The van der Waals surface area contributed by atoms with Crippen molar-refractivity contribution in [3.63, 3.8) is 0 Å². The molecular weight excluding hydrogens is 292 g/mol. The molecule has 23 heavy (non-hydrogen) atoms. The van der Waals surface area contributed by atoms with Crippen LogP contribution in [-0.2, 0) is 4.74 Å². The van der Waals surface area contributed by atoms with Gasteiger partial charge in [-0.15, -0.1) is 0 Å². The summed E-state index contributed by atoms with van der Waals surface area (Å²) in [4.78, 5) is 18.8. The Balaban J connectivity index is 2.06. The molecule has 0 aromatic carbocycles. The van der Waals surface area contributed by atoms with E-state index < -0.39 is 12.1 Å². The number of ether oxygens (including phenoxy) is 1. The fourth-order valence-electron chi connectivity index (χ4n) is 2.23. The fourth-order valence-corrected chi connectivity index (χ4v) is 2.23. The van der Waals surface area contributed by atoms with Crippen molar-refractivity contribution in [3.05, 3.63) is 29.7 Å².